The number of unbranched alkanes of at least 4 members (excludes halogenated alkanes) is 4. The minimum atomic E-state index is -0.878. The predicted octanol–water partition coefficient (Wildman–Crippen LogP) is 6.26. The molecule has 0 aliphatic rings. The fourth-order valence-electron chi connectivity index (χ4n) is 4.14. The van der Waals surface area contributed by atoms with E-state index in [-0.39, 0.29) is 18.4 Å². The summed E-state index contributed by atoms with van der Waals surface area (Å²) in [5.41, 5.74) is 1.75. The number of methoxy groups -OCH3 is 1. The summed E-state index contributed by atoms with van der Waals surface area (Å²) in [4.78, 5) is 41.2. The van der Waals surface area contributed by atoms with Gasteiger partial charge in [0.15, 0.2) is 0 Å². The molecule has 8 heteroatoms. The molecule has 0 fully saturated rings. The van der Waals surface area contributed by atoms with Gasteiger partial charge in [0.2, 0.25) is 5.91 Å². The van der Waals surface area contributed by atoms with Gasteiger partial charge in [-0.1, -0.05) is 63.8 Å². The van der Waals surface area contributed by atoms with Crippen molar-refractivity contribution in [1.82, 2.24) is 10.2 Å². The van der Waals surface area contributed by atoms with Crippen molar-refractivity contribution in [2.45, 2.75) is 84.8 Å². The van der Waals surface area contributed by atoms with Crippen LogP contribution in [-0.4, -0.2) is 48.6 Å². The number of nitrogens with one attached hydrogen (secondary N) is 2. The maximum atomic E-state index is 13.8. The first-order valence-corrected chi connectivity index (χ1v) is 13.9. The Hall–Kier alpha value is -3.55. The highest BCUT2D eigenvalue weighted by Crippen LogP contribution is 2.26. The molecule has 39 heavy (non-hydrogen) atoms. The topological polar surface area (TPSA) is 97.0 Å². The second-order valence-electron chi connectivity index (χ2n) is 10.6. The predicted molar refractivity (Wildman–Crippen MR) is 155 cm³/mol. The number of benzene rings is 2. The first-order chi connectivity index (χ1) is 18.6. The number of carbonyl (C=O) groups is 3. The van der Waals surface area contributed by atoms with E-state index in [1.165, 1.54) is 0 Å². The van der Waals surface area contributed by atoms with Crippen molar-refractivity contribution in [1.29, 1.82) is 0 Å². The fourth-order valence-corrected chi connectivity index (χ4v) is 4.14. The number of hydrogen-bond donors (Lipinski definition) is 2. The molecule has 8 nitrogen and oxygen atoms in total. The number of nitrogens with zero attached hydrogens (tertiary/aromatic N) is 1. The number of alkyl carbamates (subject to hydrolysis) is 1. The van der Waals surface area contributed by atoms with Crippen LogP contribution in [0.25, 0.3) is 0 Å². The highest BCUT2D eigenvalue weighted by Gasteiger charge is 2.32. The maximum Gasteiger partial charge on any atom is 0.408 e. The van der Waals surface area contributed by atoms with Crippen LogP contribution in [0.5, 0.6) is 5.75 Å². The second-order valence-corrected chi connectivity index (χ2v) is 10.6. The van der Waals surface area contributed by atoms with Gasteiger partial charge in [0.05, 0.1) is 7.11 Å². The lowest BCUT2D eigenvalue weighted by Crippen LogP contribution is -2.47. The average Bonchev–Trinajstić information content (AvgIpc) is 2.90. The Labute approximate surface area is 233 Å². The van der Waals surface area contributed by atoms with Gasteiger partial charge in [-0.15, -0.1) is 0 Å². The molecule has 0 saturated heterocycles. The number of ether oxygens (including phenoxy) is 2. The average molecular weight is 540 g/mol. The van der Waals surface area contributed by atoms with Crippen LogP contribution in [0, 0.1) is 0 Å². The Morgan fingerprint density at radius 1 is 0.897 bits per heavy atom. The van der Waals surface area contributed by atoms with Gasteiger partial charge in [0.25, 0.3) is 5.91 Å². The summed E-state index contributed by atoms with van der Waals surface area (Å²) in [6.07, 6.45) is 5.17. The molecule has 0 aliphatic carbocycles. The lowest BCUT2D eigenvalue weighted by Gasteiger charge is -2.32. The molecule has 2 N–H and O–H groups in total. The molecule has 2 rings (SSSR count). The normalized spacial score (nSPS) is 11.8. The summed E-state index contributed by atoms with van der Waals surface area (Å²) in [6.45, 7) is 9.61. The monoisotopic (exact) mass is 539 g/mol. The van der Waals surface area contributed by atoms with Crippen molar-refractivity contribution in [2.24, 2.45) is 0 Å². The number of anilines is 1. The Morgan fingerprint density at radius 2 is 1.54 bits per heavy atom. The fraction of sp³-hybridized carbons (Fsp3) is 0.516. The molecule has 0 spiro atoms. The summed E-state index contributed by atoms with van der Waals surface area (Å²) >= 11 is 0. The molecule has 0 radical (unpaired) electrons. The highest BCUT2D eigenvalue weighted by atomic mass is 16.6. The molecule has 214 valence electrons. The molecule has 0 aliphatic heterocycles. The zero-order valence-corrected chi connectivity index (χ0v) is 24.3. The van der Waals surface area contributed by atoms with Gasteiger partial charge in [-0.3, -0.25) is 9.59 Å². The number of hydrogen-bond acceptors (Lipinski definition) is 5. The van der Waals surface area contributed by atoms with Crippen LogP contribution < -0.4 is 15.4 Å². The molecule has 2 aromatic rings. The van der Waals surface area contributed by atoms with Crippen molar-refractivity contribution in [3.63, 3.8) is 0 Å². The minimum Gasteiger partial charge on any atom is -0.497 e. The number of carbonyl (C=O) groups excluding carboxylic acids is 3. The molecule has 0 saturated carbocycles. The summed E-state index contributed by atoms with van der Waals surface area (Å²) in [7, 11) is 1.58. The van der Waals surface area contributed by atoms with Crippen LogP contribution in [0.4, 0.5) is 10.5 Å². The Balaban J connectivity index is 2.35. The van der Waals surface area contributed by atoms with E-state index in [0.29, 0.717) is 23.5 Å². The van der Waals surface area contributed by atoms with Gasteiger partial charge in [0, 0.05) is 12.2 Å². The summed E-state index contributed by atoms with van der Waals surface area (Å²) in [5, 5.41) is 5.52. The van der Waals surface area contributed by atoms with Gasteiger partial charge in [-0.2, -0.15) is 0 Å². The van der Waals surface area contributed by atoms with E-state index in [0.717, 1.165) is 44.1 Å². The Bertz CT molecular complexity index is 1050. The molecule has 2 aromatic carbocycles. The van der Waals surface area contributed by atoms with E-state index >= 15 is 0 Å². The Morgan fingerprint density at radius 3 is 2.10 bits per heavy atom. The second kappa shape index (κ2) is 15.8. The van der Waals surface area contributed by atoms with Gasteiger partial charge in [-0.05, 0) is 69.0 Å². The minimum absolute atomic E-state index is 0.275. The van der Waals surface area contributed by atoms with E-state index in [1.54, 1.807) is 57.0 Å². The van der Waals surface area contributed by atoms with Crippen LogP contribution in [0.1, 0.15) is 83.9 Å². The number of amides is 3. The van der Waals surface area contributed by atoms with Crippen LogP contribution in [0.3, 0.4) is 0 Å². The third-order valence-corrected chi connectivity index (χ3v) is 6.23. The van der Waals surface area contributed by atoms with Crippen molar-refractivity contribution in [3.8, 4) is 5.75 Å². The zero-order valence-electron chi connectivity index (χ0n) is 24.3. The van der Waals surface area contributed by atoms with Crippen molar-refractivity contribution < 1.29 is 23.9 Å². The molecule has 3 amide bonds. The molecule has 0 bridgehead atoms. The van der Waals surface area contributed by atoms with Crippen LogP contribution in [0.15, 0.2) is 48.5 Å². The highest BCUT2D eigenvalue weighted by molar-refractivity contribution is 5.98. The van der Waals surface area contributed by atoms with Gasteiger partial charge in [0.1, 0.15) is 23.9 Å². The SMILES string of the molecule is CCCCCCCN(C(=O)CNC(=O)OC(C)(C)C)C(C(=O)Nc1ccc(OC)cc1)c1ccc(CC)cc1. The first-order valence-electron chi connectivity index (χ1n) is 13.9. The number of rotatable bonds is 14. The molecule has 1 atom stereocenters. The van der Waals surface area contributed by atoms with Crippen LogP contribution in [-0.2, 0) is 20.7 Å². The molecular formula is C31H45N3O5. The first kappa shape index (κ1) is 31.7. The van der Waals surface area contributed by atoms with E-state index in [2.05, 4.69) is 24.5 Å². The lowest BCUT2D eigenvalue weighted by atomic mass is 10.0. The van der Waals surface area contributed by atoms with E-state index in [4.69, 9.17) is 9.47 Å². The van der Waals surface area contributed by atoms with E-state index < -0.39 is 17.7 Å². The van der Waals surface area contributed by atoms with Crippen molar-refractivity contribution in [3.05, 3.63) is 59.7 Å². The van der Waals surface area contributed by atoms with Crippen LogP contribution in [0.2, 0.25) is 0 Å². The van der Waals surface area contributed by atoms with Crippen molar-refractivity contribution in [2.75, 3.05) is 25.5 Å². The van der Waals surface area contributed by atoms with Gasteiger partial charge < -0.3 is 25.0 Å². The molecule has 1 unspecified atom stereocenters. The lowest BCUT2D eigenvalue weighted by molar-refractivity contribution is -0.138. The molecular weight excluding hydrogens is 494 g/mol. The maximum absolute atomic E-state index is 13.8. The quantitative estimate of drug-likeness (QED) is 0.276. The largest absolute Gasteiger partial charge is 0.497 e. The zero-order chi connectivity index (χ0) is 28.8. The summed E-state index contributed by atoms with van der Waals surface area (Å²) in [5.74, 6) is -0.00815. The third-order valence-electron chi connectivity index (χ3n) is 6.23. The summed E-state index contributed by atoms with van der Waals surface area (Å²) in [6, 6.07) is 13.9. The molecule has 0 aromatic heterocycles. The van der Waals surface area contributed by atoms with E-state index in [9.17, 15) is 14.4 Å². The van der Waals surface area contributed by atoms with E-state index in [1.807, 2.05) is 24.3 Å². The van der Waals surface area contributed by atoms with Gasteiger partial charge in [-0.25, -0.2) is 4.79 Å². The smallest absolute Gasteiger partial charge is 0.408 e. The third kappa shape index (κ3) is 11.0. The van der Waals surface area contributed by atoms with Crippen molar-refractivity contribution >= 4 is 23.6 Å². The van der Waals surface area contributed by atoms with Crippen LogP contribution >= 0.6 is 0 Å². The molecule has 0 heterocycles. The standard InChI is InChI=1S/C31H45N3O5/c1-7-9-10-11-12-21-34(27(35)22-32-30(37)39-31(3,4)5)28(24-15-13-23(8-2)14-16-24)29(36)33-25-17-19-26(38-6)20-18-25/h13-20,28H,7-12,21-22H2,1-6H3,(H,32,37)(H,33,36). The van der Waals surface area contributed by atoms with Gasteiger partial charge >= 0.3 is 6.09 Å². The summed E-state index contributed by atoms with van der Waals surface area (Å²) < 4.78 is 10.5. The Kier molecular flexibility index (Phi) is 12.8. The number of aryl methyl sites for hydroxylation is 1.